The van der Waals surface area contributed by atoms with Crippen LogP contribution in [0, 0.1) is 0 Å². The quantitative estimate of drug-likeness (QED) is 0.793. The Kier molecular flexibility index (Phi) is 5.54. The molecule has 0 spiro atoms. The second-order valence-corrected chi connectivity index (χ2v) is 7.25. The topological polar surface area (TPSA) is 87.5 Å². The van der Waals surface area contributed by atoms with Crippen molar-refractivity contribution >= 4 is 11.8 Å². The van der Waals surface area contributed by atoms with Crippen molar-refractivity contribution in [3.05, 3.63) is 41.7 Å². The molecule has 1 unspecified atom stereocenters. The van der Waals surface area contributed by atoms with E-state index in [4.69, 9.17) is 0 Å². The Labute approximate surface area is 165 Å². The van der Waals surface area contributed by atoms with Crippen LogP contribution in [0.3, 0.4) is 0 Å². The summed E-state index contributed by atoms with van der Waals surface area (Å²) in [5.41, 5.74) is 1.38. The van der Waals surface area contributed by atoms with E-state index < -0.39 is 36.3 Å². The molecule has 1 fully saturated rings. The zero-order chi connectivity index (χ0) is 21.3. The lowest BCUT2D eigenvalue weighted by Crippen LogP contribution is -2.43. The van der Waals surface area contributed by atoms with E-state index in [1.165, 1.54) is 10.9 Å². The zero-order valence-electron chi connectivity index (χ0n) is 15.9. The van der Waals surface area contributed by atoms with E-state index in [1.54, 1.807) is 6.07 Å². The molecule has 2 amide bonds. The molecule has 2 N–H and O–H groups in total. The van der Waals surface area contributed by atoms with Crippen LogP contribution in [0.5, 0.6) is 5.75 Å². The van der Waals surface area contributed by atoms with Crippen molar-refractivity contribution in [2.24, 2.45) is 0 Å². The molecule has 3 rings (SSSR count). The van der Waals surface area contributed by atoms with Gasteiger partial charge in [0.05, 0.1) is 11.9 Å². The summed E-state index contributed by atoms with van der Waals surface area (Å²) < 4.78 is 38.8. The number of nitrogens with one attached hydrogen (secondary N) is 1. The first-order chi connectivity index (χ1) is 13.5. The van der Waals surface area contributed by atoms with Crippen molar-refractivity contribution in [1.29, 1.82) is 0 Å². The second-order valence-electron chi connectivity index (χ2n) is 7.25. The summed E-state index contributed by atoms with van der Waals surface area (Å²) in [7, 11) is 0. The normalized spacial score (nSPS) is 17.2. The maximum absolute atomic E-state index is 12.5. The Morgan fingerprint density at radius 1 is 1.38 bits per heavy atom. The first-order valence-corrected chi connectivity index (χ1v) is 9.10. The molecule has 0 bridgehead atoms. The molecule has 0 saturated carbocycles. The Morgan fingerprint density at radius 3 is 2.76 bits per heavy atom. The van der Waals surface area contributed by atoms with Crippen LogP contribution in [0.25, 0.3) is 5.69 Å². The number of halogens is 3. The molecule has 0 radical (unpaired) electrons. The highest BCUT2D eigenvalue weighted by atomic mass is 19.4. The van der Waals surface area contributed by atoms with E-state index >= 15 is 0 Å². The molecule has 2 heterocycles. The van der Waals surface area contributed by atoms with Gasteiger partial charge in [0, 0.05) is 6.54 Å². The third-order valence-corrected chi connectivity index (χ3v) is 4.68. The van der Waals surface area contributed by atoms with Crippen LogP contribution >= 0.6 is 0 Å². The fraction of sp³-hybridized carbons (Fsp3) is 0.421. The Morgan fingerprint density at radius 2 is 2.10 bits per heavy atom. The average Bonchev–Trinajstić information content (AvgIpc) is 3.18. The Balaban J connectivity index is 1.73. The van der Waals surface area contributed by atoms with E-state index in [2.05, 4.69) is 10.4 Å². The van der Waals surface area contributed by atoms with Gasteiger partial charge in [-0.3, -0.25) is 9.59 Å². The SMILES string of the molecule is CC(C)c1cccc(-n2cc(O)c(C(=O)NC3CCN(CC(F)(F)F)C3=O)n2)c1. The van der Waals surface area contributed by atoms with E-state index in [-0.39, 0.29) is 24.6 Å². The molecule has 1 aliphatic rings. The lowest BCUT2D eigenvalue weighted by atomic mass is 10.0. The number of aromatic nitrogens is 2. The summed E-state index contributed by atoms with van der Waals surface area (Å²) in [6.45, 7) is 2.59. The molecule has 1 aromatic carbocycles. The van der Waals surface area contributed by atoms with Crippen molar-refractivity contribution in [3.63, 3.8) is 0 Å². The fourth-order valence-corrected chi connectivity index (χ4v) is 3.16. The fourth-order valence-electron chi connectivity index (χ4n) is 3.16. The summed E-state index contributed by atoms with van der Waals surface area (Å²) >= 11 is 0. The standard InChI is InChI=1S/C19H21F3N4O3/c1-11(2)12-4-3-5-13(8-12)26-9-15(27)16(24-26)17(28)23-14-6-7-25(18(14)29)10-19(20,21)22/h3-5,8-9,11,14,27H,6-7,10H2,1-2H3,(H,23,28). The van der Waals surface area contributed by atoms with Crippen LogP contribution in [0.2, 0.25) is 0 Å². The lowest BCUT2D eigenvalue weighted by molar-refractivity contribution is -0.157. The van der Waals surface area contributed by atoms with Gasteiger partial charge in [-0.1, -0.05) is 26.0 Å². The highest BCUT2D eigenvalue weighted by Gasteiger charge is 2.40. The number of hydrogen-bond donors (Lipinski definition) is 2. The number of benzene rings is 1. The van der Waals surface area contributed by atoms with Gasteiger partial charge < -0.3 is 15.3 Å². The third kappa shape index (κ3) is 4.69. The van der Waals surface area contributed by atoms with Crippen molar-refractivity contribution < 1.29 is 27.9 Å². The number of carbonyl (C=O) groups excluding carboxylic acids is 2. The highest BCUT2D eigenvalue weighted by molar-refractivity contribution is 5.98. The summed E-state index contributed by atoms with van der Waals surface area (Å²) in [4.78, 5) is 25.2. The molecule has 2 aromatic rings. The van der Waals surface area contributed by atoms with Crippen LogP contribution in [-0.4, -0.2) is 56.9 Å². The van der Waals surface area contributed by atoms with Crippen LogP contribution in [0.1, 0.15) is 42.2 Å². The minimum absolute atomic E-state index is 0.0541. The van der Waals surface area contributed by atoms with E-state index in [0.717, 1.165) is 5.56 Å². The molecular formula is C19H21F3N4O3. The maximum Gasteiger partial charge on any atom is 0.406 e. The number of likely N-dealkylation sites (tertiary alicyclic amines) is 1. The molecule has 0 aliphatic carbocycles. The van der Waals surface area contributed by atoms with Gasteiger partial charge in [-0.25, -0.2) is 4.68 Å². The predicted molar refractivity (Wildman–Crippen MR) is 97.8 cm³/mol. The second kappa shape index (κ2) is 7.76. The number of carbonyl (C=O) groups is 2. The Hall–Kier alpha value is -3.04. The van der Waals surface area contributed by atoms with Gasteiger partial charge in [-0.05, 0) is 30.0 Å². The zero-order valence-corrected chi connectivity index (χ0v) is 15.9. The number of alkyl halides is 3. The van der Waals surface area contributed by atoms with Crippen molar-refractivity contribution in [2.75, 3.05) is 13.1 Å². The van der Waals surface area contributed by atoms with E-state index in [1.807, 2.05) is 32.0 Å². The molecule has 7 nitrogen and oxygen atoms in total. The minimum Gasteiger partial charge on any atom is -0.504 e. The van der Waals surface area contributed by atoms with E-state index in [9.17, 15) is 27.9 Å². The van der Waals surface area contributed by atoms with Crippen LogP contribution in [0.15, 0.2) is 30.5 Å². The van der Waals surface area contributed by atoms with Gasteiger partial charge in [0.2, 0.25) is 5.91 Å². The van der Waals surface area contributed by atoms with E-state index in [0.29, 0.717) is 10.6 Å². The number of aromatic hydroxyl groups is 1. The monoisotopic (exact) mass is 410 g/mol. The van der Waals surface area contributed by atoms with Crippen LogP contribution < -0.4 is 5.32 Å². The number of rotatable bonds is 5. The van der Waals surface area contributed by atoms with Crippen LogP contribution in [0.4, 0.5) is 13.2 Å². The predicted octanol–water partition coefficient (Wildman–Crippen LogP) is 2.59. The lowest BCUT2D eigenvalue weighted by Gasteiger charge is -2.18. The molecule has 1 aromatic heterocycles. The molecule has 1 saturated heterocycles. The van der Waals surface area contributed by atoms with Gasteiger partial charge in [0.15, 0.2) is 11.4 Å². The van der Waals surface area contributed by atoms with Gasteiger partial charge in [0.25, 0.3) is 5.91 Å². The average molecular weight is 410 g/mol. The third-order valence-electron chi connectivity index (χ3n) is 4.68. The largest absolute Gasteiger partial charge is 0.504 e. The summed E-state index contributed by atoms with van der Waals surface area (Å²) in [6, 6.07) is 6.32. The smallest absolute Gasteiger partial charge is 0.406 e. The van der Waals surface area contributed by atoms with Crippen molar-refractivity contribution in [3.8, 4) is 11.4 Å². The molecule has 10 heteroatoms. The summed E-state index contributed by atoms with van der Waals surface area (Å²) in [6.07, 6.45) is -3.19. The van der Waals surface area contributed by atoms with Crippen molar-refractivity contribution in [1.82, 2.24) is 20.0 Å². The van der Waals surface area contributed by atoms with Crippen molar-refractivity contribution in [2.45, 2.75) is 38.4 Å². The van der Waals surface area contributed by atoms with Crippen LogP contribution in [-0.2, 0) is 4.79 Å². The summed E-state index contributed by atoms with van der Waals surface area (Å²) in [5, 5.41) is 16.5. The number of hydrogen-bond acceptors (Lipinski definition) is 4. The van der Waals surface area contributed by atoms with Gasteiger partial charge in [0.1, 0.15) is 12.6 Å². The summed E-state index contributed by atoms with van der Waals surface area (Å²) in [5.74, 6) is -1.75. The minimum atomic E-state index is -4.50. The molecule has 1 atom stereocenters. The highest BCUT2D eigenvalue weighted by Crippen LogP contribution is 2.23. The molecule has 156 valence electrons. The molecular weight excluding hydrogens is 389 g/mol. The van der Waals surface area contributed by atoms with Gasteiger partial charge >= 0.3 is 6.18 Å². The van der Waals surface area contributed by atoms with Gasteiger partial charge in [-0.15, -0.1) is 0 Å². The number of amides is 2. The first kappa shape index (κ1) is 20.7. The van der Waals surface area contributed by atoms with Gasteiger partial charge in [-0.2, -0.15) is 18.3 Å². The first-order valence-electron chi connectivity index (χ1n) is 9.10. The molecule has 29 heavy (non-hydrogen) atoms. The number of nitrogens with zero attached hydrogens (tertiary/aromatic N) is 3. The maximum atomic E-state index is 12.5. The Bertz CT molecular complexity index is 924. The molecule has 1 aliphatic heterocycles.